The number of carbonyl (C=O) groups is 1. The van der Waals surface area contributed by atoms with Crippen LogP contribution in [0.4, 0.5) is 0 Å². The summed E-state index contributed by atoms with van der Waals surface area (Å²) in [6.07, 6.45) is 3.56. The Morgan fingerprint density at radius 3 is 2.59 bits per heavy atom. The minimum absolute atomic E-state index is 0.0276. The van der Waals surface area contributed by atoms with E-state index in [-0.39, 0.29) is 18.0 Å². The molecule has 1 saturated heterocycles. The van der Waals surface area contributed by atoms with Gasteiger partial charge >= 0.3 is 0 Å². The predicted octanol–water partition coefficient (Wildman–Crippen LogP) is 3.05. The zero-order valence-electron chi connectivity index (χ0n) is 18.8. The van der Waals surface area contributed by atoms with Crippen LogP contribution in [0.25, 0.3) is 0 Å². The van der Waals surface area contributed by atoms with Crippen LogP contribution in [0.15, 0.2) is 54.6 Å². The van der Waals surface area contributed by atoms with Gasteiger partial charge in [-0.2, -0.15) is 0 Å². The highest BCUT2D eigenvalue weighted by atomic mass is 16.5. The third-order valence-corrected chi connectivity index (χ3v) is 5.96. The van der Waals surface area contributed by atoms with Crippen molar-refractivity contribution in [1.29, 1.82) is 0 Å². The molecule has 0 bridgehead atoms. The molecule has 1 fully saturated rings. The Labute approximate surface area is 189 Å². The maximum atomic E-state index is 12.6. The van der Waals surface area contributed by atoms with Gasteiger partial charge in [0.05, 0.1) is 25.7 Å². The summed E-state index contributed by atoms with van der Waals surface area (Å²) < 4.78 is 7.42. The topological polar surface area (TPSA) is 81.1 Å². The second-order valence-corrected chi connectivity index (χ2v) is 8.27. The van der Waals surface area contributed by atoms with E-state index in [4.69, 9.17) is 4.74 Å². The van der Waals surface area contributed by atoms with Crippen molar-refractivity contribution >= 4 is 5.91 Å². The van der Waals surface area contributed by atoms with E-state index in [0.29, 0.717) is 6.54 Å². The first-order chi connectivity index (χ1) is 15.6. The Balaban J connectivity index is 1.54. The first-order valence-corrected chi connectivity index (χ1v) is 11.3. The second-order valence-electron chi connectivity index (χ2n) is 8.27. The lowest BCUT2D eigenvalue weighted by Crippen LogP contribution is -2.42. The van der Waals surface area contributed by atoms with E-state index < -0.39 is 0 Å². The van der Waals surface area contributed by atoms with Gasteiger partial charge in [0, 0.05) is 6.42 Å². The van der Waals surface area contributed by atoms with E-state index in [1.54, 1.807) is 7.11 Å². The predicted molar refractivity (Wildman–Crippen MR) is 124 cm³/mol. The number of nitrogens with one attached hydrogen (secondary N) is 2. The van der Waals surface area contributed by atoms with Crippen molar-refractivity contribution in [3.8, 4) is 5.75 Å². The van der Waals surface area contributed by atoms with Crippen molar-refractivity contribution in [2.45, 2.75) is 51.2 Å². The van der Waals surface area contributed by atoms with E-state index in [9.17, 15) is 4.79 Å². The number of carbonyl (C=O) groups excluding carboxylic acids is 1. The fourth-order valence-corrected chi connectivity index (χ4v) is 4.13. The molecule has 1 aromatic heterocycles. The van der Waals surface area contributed by atoms with Crippen molar-refractivity contribution in [3.05, 3.63) is 77.4 Å². The molecule has 7 heteroatoms. The molecule has 4 rings (SSSR count). The molecule has 1 unspecified atom stereocenters. The average Bonchev–Trinajstić information content (AvgIpc) is 3.49. The molecule has 168 valence electrons. The lowest BCUT2D eigenvalue weighted by molar-refractivity contribution is -0.123. The van der Waals surface area contributed by atoms with Crippen LogP contribution >= 0.6 is 0 Å². The van der Waals surface area contributed by atoms with Crippen LogP contribution in [-0.2, 0) is 24.2 Å². The Hall–Kier alpha value is -3.19. The Morgan fingerprint density at radius 2 is 1.91 bits per heavy atom. The van der Waals surface area contributed by atoms with Crippen molar-refractivity contribution in [3.63, 3.8) is 0 Å². The molecule has 1 aliphatic rings. The van der Waals surface area contributed by atoms with Gasteiger partial charge in [0.1, 0.15) is 11.6 Å². The van der Waals surface area contributed by atoms with Gasteiger partial charge in [-0.05, 0) is 56.0 Å². The van der Waals surface area contributed by atoms with Gasteiger partial charge in [-0.3, -0.25) is 4.79 Å². The monoisotopic (exact) mass is 433 g/mol. The summed E-state index contributed by atoms with van der Waals surface area (Å²) in [5.74, 6) is 2.54. The summed E-state index contributed by atoms with van der Waals surface area (Å²) in [4.78, 5) is 12.6. The minimum Gasteiger partial charge on any atom is -0.497 e. The molecule has 0 spiro atoms. The SMILES string of the molecule is COc1ccc(Cn2c(CCc3ccccc3)nnc2[C@@H](C)NC(=O)C2CCCN2)cc1. The van der Waals surface area contributed by atoms with Crippen LogP contribution in [0.5, 0.6) is 5.75 Å². The number of amides is 1. The lowest BCUT2D eigenvalue weighted by Gasteiger charge is -2.19. The smallest absolute Gasteiger partial charge is 0.237 e. The Morgan fingerprint density at radius 1 is 1.12 bits per heavy atom. The number of ether oxygens (including phenoxy) is 1. The molecular weight excluding hydrogens is 402 g/mol. The fourth-order valence-electron chi connectivity index (χ4n) is 4.13. The van der Waals surface area contributed by atoms with Crippen molar-refractivity contribution in [2.75, 3.05) is 13.7 Å². The number of rotatable bonds is 9. The average molecular weight is 434 g/mol. The van der Waals surface area contributed by atoms with Gasteiger partial charge in [-0.1, -0.05) is 42.5 Å². The van der Waals surface area contributed by atoms with Crippen LogP contribution in [-0.4, -0.2) is 40.4 Å². The van der Waals surface area contributed by atoms with Gasteiger partial charge in [0.2, 0.25) is 5.91 Å². The van der Waals surface area contributed by atoms with Gasteiger partial charge in [0.25, 0.3) is 0 Å². The number of aromatic nitrogens is 3. The molecule has 7 nitrogen and oxygen atoms in total. The van der Waals surface area contributed by atoms with Crippen LogP contribution in [0.2, 0.25) is 0 Å². The molecule has 0 radical (unpaired) electrons. The molecule has 2 heterocycles. The Bertz CT molecular complexity index is 1010. The van der Waals surface area contributed by atoms with E-state index in [0.717, 1.165) is 55.2 Å². The van der Waals surface area contributed by atoms with Crippen molar-refractivity contribution < 1.29 is 9.53 Å². The van der Waals surface area contributed by atoms with Crippen molar-refractivity contribution in [1.82, 2.24) is 25.4 Å². The van der Waals surface area contributed by atoms with E-state index in [1.807, 2.05) is 25.1 Å². The van der Waals surface area contributed by atoms with Crippen LogP contribution in [0, 0.1) is 0 Å². The summed E-state index contributed by atoms with van der Waals surface area (Å²) in [6.45, 7) is 3.50. The third kappa shape index (κ3) is 5.34. The normalized spacial score (nSPS) is 16.6. The number of hydrogen-bond donors (Lipinski definition) is 2. The van der Waals surface area contributed by atoms with Crippen molar-refractivity contribution in [2.24, 2.45) is 0 Å². The minimum atomic E-state index is -0.235. The second kappa shape index (κ2) is 10.4. The molecule has 0 saturated carbocycles. The first kappa shape index (κ1) is 22.0. The maximum Gasteiger partial charge on any atom is 0.237 e. The zero-order chi connectivity index (χ0) is 22.3. The molecule has 32 heavy (non-hydrogen) atoms. The molecule has 2 atom stereocenters. The molecule has 1 amide bonds. The molecule has 0 aliphatic carbocycles. The summed E-state index contributed by atoms with van der Waals surface area (Å²) >= 11 is 0. The van der Waals surface area contributed by atoms with Gasteiger partial charge in [0.15, 0.2) is 5.82 Å². The number of methoxy groups -OCH3 is 1. The van der Waals surface area contributed by atoms with E-state index >= 15 is 0 Å². The highest BCUT2D eigenvalue weighted by Crippen LogP contribution is 2.19. The molecule has 2 aromatic carbocycles. The quantitative estimate of drug-likeness (QED) is 0.542. The van der Waals surface area contributed by atoms with E-state index in [2.05, 4.69) is 61.8 Å². The standard InChI is InChI=1S/C25H31N5O2/c1-18(27-25(31)22-9-6-16-26-22)24-29-28-23(15-12-19-7-4-3-5-8-19)30(24)17-20-10-13-21(32-2)14-11-20/h3-5,7-8,10-11,13-14,18,22,26H,6,9,12,15-17H2,1-2H3,(H,27,31)/t18-,22?/m1/s1. The van der Waals surface area contributed by atoms with Gasteiger partial charge < -0.3 is 19.9 Å². The summed E-state index contributed by atoms with van der Waals surface area (Å²) in [5, 5.41) is 15.4. The number of benzene rings is 2. The highest BCUT2D eigenvalue weighted by molar-refractivity contribution is 5.82. The Kier molecular flexibility index (Phi) is 7.17. The number of aryl methyl sites for hydroxylation is 2. The van der Waals surface area contributed by atoms with Gasteiger partial charge in [-0.15, -0.1) is 10.2 Å². The summed E-state index contributed by atoms with van der Waals surface area (Å²) in [7, 11) is 1.66. The molecule has 2 N–H and O–H groups in total. The van der Waals surface area contributed by atoms with Crippen LogP contribution < -0.4 is 15.4 Å². The van der Waals surface area contributed by atoms with E-state index in [1.165, 1.54) is 5.56 Å². The van der Waals surface area contributed by atoms with Crippen LogP contribution in [0.3, 0.4) is 0 Å². The fraction of sp³-hybridized carbons (Fsp3) is 0.400. The summed E-state index contributed by atoms with van der Waals surface area (Å²) in [5.41, 5.74) is 2.39. The van der Waals surface area contributed by atoms with Gasteiger partial charge in [-0.25, -0.2) is 0 Å². The third-order valence-electron chi connectivity index (χ3n) is 5.96. The molecular formula is C25H31N5O2. The number of nitrogens with zero attached hydrogens (tertiary/aromatic N) is 3. The lowest BCUT2D eigenvalue weighted by atomic mass is 10.1. The highest BCUT2D eigenvalue weighted by Gasteiger charge is 2.26. The largest absolute Gasteiger partial charge is 0.497 e. The number of hydrogen-bond acceptors (Lipinski definition) is 5. The first-order valence-electron chi connectivity index (χ1n) is 11.3. The maximum absolute atomic E-state index is 12.6. The summed E-state index contributed by atoms with van der Waals surface area (Å²) in [6, 6.07) is 18.1. The molecule has 1 aliphatic heterocycles. The zero-order valence-corrected chi connectivity index (χ0v) is 18.8. The van der Waals surface area contributed by atoms with Crippen LogP contribution in [0.1, 0.15) is 48.6 Å². The molecule has 3 aromatic rings.